The van der Waals surface area contributed by atoms with E-state index in [-0.39, 0.29) is 11.5 Å². The van der Waals surface area contributed by atoms with Crippen molar-refractivity contribution in [2.75, 3.05) is 6.61 Å². The summed E-state index contributed by atoms with van der Waals surface area (Å²) in [5.74, 6) is -0.780. The monoisotopic (exact) mass is 262 g/mol. The van der Waals surface area contributed by atoms with E-state index >= 15 is 0 Å². The van der Waals surface area contributed by atoms with Crippen LogP contribution in [-0.4, -0.2) is 25.0 Å². The maximum atomic E-state index is 11.9. The number of hydrogen-bond acceptors (Lipinski definition) is 4. The van der Waals surface area contributed by atoms with Crippen molar-refractivity contribution in [3.8, 4) is 11.5 Å². The fourth-order valence-corrected chi connectivity index (χ4v) is 1.31. The van der Waals surface area contributed by atoms with E-state index in [1.54, 1.807) is 0 Å². The molecule has 0 aromatic heterocycles. The van der Waals surface area contributed by atoms with Crippen LogP contribution in [0.5, 0.6) is 11.5 Å². The maximum Gasteiger partial charge on any atom is 0.573 e. The quantitative estimate of drug-likeness (QED) is 0.619. The lowest BCUT2D eigenvalue weighted by Gasteiger charge is -2.23. The highest BCUT2D eigenvalue weighted by atomic mass is 19.4. The highest BCUT2D eigenvalue weighted by Crippen LogP contribution is 2.25. The van der Waals surface area contributed by atoms with Gasteiger partial charge in [-0.05, 0) is 24.3 Å². The first kappa shape index (κ1) is 12.7. The Labute approximate surface area is 100 Å². The molecule has 4 nitrogen and oxygen atoms in total. The van der Waals surface area contributed by atoms with Crippen molar-refractivity contribution in [3.05, 3.63) is 24.3 Å². The van der Waals surface area contributed by atoms with Gasteiger partial charge in [-0.1, -0.05) is 0 Å². The van der Waals surface area contributed by atoms with E-state index < -0.39 is 18.4 Å². The number of rotatable bonds is 3. The third kappa shape index (κ3) is 3.36. The lowest BCUT2D eigenvalue weighted by atomic mass is 10.2. The summed E-state index contributed by atoms with van der Waals surface area (Å²) in [4.78, 5) is 11.3. The average molecular weight is 262 g/mol. The van der Waals surface area contributed by atoms with Crippen LogP contribution in [0.3, 0.4) is 0 Å². The van der Waals surface area contributed by atoms with Gasteiger partial charge < -0.3 is 14.2 Å². The summed E-state index contributed by atoms with van der Waals surface area (Å²) in [5.41, 5.74) is 0. The largest absolute Gasteiger partial charge is 0.573 e. The van der Waals surface area contributed by atoms with E-state index in [4.69, 9.17) is 9.47 Å². The molecule has 98 valence electrons. The lowest BCUT2D eigenvalue weighted by molar-refractivity contribution is -0.274. The zero-order chi connectivity index (χ0) is 13.2. The average Bonchev–Trinajstić information content (AvgIpc) is 2.16. The molecule has 0 spiro atoms. The van der Waals surface area contributed by atoms with Crippen molar-refractivity contribution in [2.24, 2.45) is 0 Å². The molecule has 0 amide bonds. The predicted octanol–water partition coefficient (Wildman–Crippen LogP) is 2.28. The molecule has 1 heterocycles. The zero-order valence-corrected chi connectivity index (χ0v) is 9.07. The summed E-state index contributed by atoms with van der Waals surface area (Å²) in [6.07, 6.45) is -4.72. The minimum absolute atomic E-state index is 0.144. The molecule has 2 rings (SSSR count). The van der Waals surface area contributed by atoms with Gasteiger partial charge in [0.15, 0.2) is 6.10 Å². The Bertz CT molecular complexity index is 423. The van der Waals surface area contributed by atoms with Crippen molar-refractivity contribution in [3.63, 3.8) is 0 Å². The van der Waals surface area contributed by atoms with Gasteiger partial charge in [-0.15, -0.1) is 13.2 Å². The van der Waals surface area contributed by atoms with Crippen LogP contribution in [0, 0.1) is 0 Å². The minimum Gasteiger partial charge on any atom is -0.425 e. The molecule has 1 aliphatic heterocycles. The molecule has 1 saturated heterocycles. The molecule has 7 heteroatoms. The van der Waals surface area contributed by atoms with Gasteiger partial charge in [0, 0.05) is 6.42 Å². The molecule has 1 atom stereocenters. The topological polar surface area (TPSA) is 44.8 Å². The lowest BCUT2D eigenvalue weighted by Crippen LogP contribution is -2.37. The molecule has 1 aliphatic rings. The Morgan fingerprint density at radius 2 is 1.78 bits per heavy atom. The fourth-order valence-electron chi connectivity index (χ4n) is 1.31. The molecule has 0 saturated carbocycles. The second kappa shape index (κ2) is 4.85. The summed E-state index contributed by atoms with van der Waals surface area (Å²) >= 11 is 0. The smallest absolute Gasteiger partial charge is 0.425 e. The van der Waals surface area contributed by atoms with Gasteiger partial charge in [-0.25, -0.2) is 4.79 Å². The van der Waals surface area contributed by atoms with Gasteiger partial charge in [-0.2, -0.15) is 0 Å². The van der Waals surface area contributed by atoms with Crippen molar-refractivity contribution in [1.29, 1.82) is 0 Å². The molecule has 1 aromatic carbocycles. The van der Waals surface area contributed by atoms with Crippen LogP contribution in [0.1, 0.15) is 6.42 Å². The normalized spacial score (nSPS) is 18.9. The van der Waals surface area contributed by atoms with Crippen LogP contribution in [0.4, 0.5) is 13.2 Å². The number of carbonyl (C=O) groups excluding carboxylic acids is 1. The summed E-state index contributed by atoms with van der Waals surface area (Å²) in [7, 11) is 0. The SMILES string of the molecule is O=C(Oc1ccc(OC(F)(F)F)cc1)C1CCO1. The first-order valence-electron chi connectivity index (χ1n) is 5.13. The molecule has 1 unspecified atom stereocenters. The molecule has 0 N–H and O–H groups in total. The number of benzene rings is 1. The standard InChI is InChI=1S/C11H9F3O4/c12-11(13,14)18-8-3-1-7(2-4-8)17-10(15)9-5-6-16-9/h1-4,9H,5-6H2. The van der Waals surface area contributed by atoms with E-state index in [1.807, 2.05) is 0 Å². The minimum atomic E-state index is -4.74. The van der Waals surface area contributed by atoms with Crippen LogP contribution in [0.25, 0.3) is 0 Å². The van der Waals surface area contributed by atoms with Crippen molar-refractivity contribution < 1.29 is 32.2 Å². The fraction of sp³-hybridized carbons (Fsp3) is 0.364. The van der Waals surface area contributed by atoms with E-state index in [0.29, 0.717) is 13.0 Å². The maximum absolute atomic E-state index is 11.9. The summed E-state index contributed by atoms with van der Waals surface area (Å²) < 4.78 is 49.1. The Balaban J connectivity index is 1.92. The van der Waals surface area contributed by atoms with Gasteiger partial charge in [0.25, 0.3) is 0 Å². The molecule has 1 fully saturated rings. The number of hydrogen-bond donors (Lipinski definition) is 0. The summed E-state index contributed by atoms with van der Waals surface area (Å²) in [5, 5.41) is 0. The number of carbonyl (C=O) groups is 1. The molecule has 0 aliphatic carbocycles. The first-order valence-corrected chi connectivity index (χ1v) is 5.13. The number of esters is 1. The zero-order valence-electron chi connectivity index (χ0n) is 9.07. The Hall–Kier alpha value is -1.76. The van der Waals surface area contributed by atoms with Gasteiger partial charge in [0.1, 0.15) is 11.5 Å². The summed E-state index contributed by atoms with van der Waals surface area (Å²) in [6, 6.07) is 4.57. The highest BCUT2D eigenvalue weighted by molar-refractivity contribution is 5.77. The molecule has 0 bridgehead atoms. The van der Waals surface area contributed by atoms with E-state index in [0.717, 1.165) is 12.1 Å². The van der Waals surface area contributed by atoms with Crippen LogP contribution >= 0.6 is 0 Å². The Morgan fingerprint density at radius 1 is 1.22 bits per heavy atom. The van der Waals surface area contributed by atoms with Gasteiger partial charge in [0.2, 0.25) is 0 Å². The molecule has 1 aromatic rings. The summed E-state index contributed by atoms with van der Waals surface area (Å²) in [6.45, 7) is 0.512. The van der Waals surface area contributed by atoms with Crippen molar-refractivity contribution in [1.82, 2.24) is 0 Å². The van der Waals surface area contributed by atoms with Gasteiger partial charge in [-0.3, -0.25) is 0 Å². The molecular formula is C11H9F3O4. The van der Waals surface area contributed by atoms with Gasteiger partial charge >= 0.3 is 12.3 Å². The number of ether oxygens (including phenoxy) is 3. The van der Waals surface area contributed by atoms with Crippen molar-refractivity contribution >= 4 is 5.97 Å². The number of halogens is 3. The van der Waals surface area contributed by atoms with E-state index in [1.165, 1.54) is 12.1 Å². The molecule has 0 radical (unpaired) electrons. The van der Waals surface area contributed by atoms with Crippen LogP contribution in [0.2, 0.25) is 0 Å². The Kier molecular flexibility index (Phi) is 3.42. The molecular weight excluding hydrogens is 253 g/mol. The first-order chi connectivity index (χ1) is 8.44. The highest BCUT2D eigenvalue weighted by Gasteiger charge is 2.31. The third-order valence-corrected chi connectivity index (χ3v) is 2.24. The van der Waals surface area contributed by atoms with E-state index in [9.17, 15) is 18.0 Å². The second-order valence-electron chi connectivity index (χ2n) is 3.59. The van der Waals surface area contributed by atoms with E-state index in [2.05, 4.69) is 4.74 Å². The van der Waals surface area contributed by atoms with Crippen molar-refractivity contribution in [2.45, 2.75) is 18.9 Å². The molecule has 18 heavy (non-hydrogen) atoms. The predicted molar refractivity (Wildman–Crippen MR) is 53.1 cm³/mol. The third-order valence-electron chi connectivity index (χ3n) is 2.24. The van der Waals surface area contributed by atoms with Gasteiger partial charge in [0.05, 0.1) is 6.61 Å². The van der Waals surface area contributed by atoms with Crippen LogP contribution in [-0.2, 0) is 9.53 Å². The number of alkyl halides is 3. The second-order valence-corrected chi connectivity index (χ2v) is 3.59. The van der Waals surface area contributed by atoms with Crippen LogP contribution in [0.15, 0.2) is 24.3 Å². The van der Waals surface area contributed by atoms with Crippen LogP contribution < -0.4 is 9.47 Å². The Morgan fingerprint density at radius 3 is 2.22 bits per heavy atom.